The number of halogens is 2. The van der Waals surface area contributed by atoms with E-state index < -0.39 is 0 Å². The van der Waals surface area contributed by atoms with Gasteiger partial charge in [-0.25, -0.2) is 0 Å². The molecule has 30 heavy (non-hydrogen) atoms. The number of rotatable bonds is 8. The molecular weight excluding hydrogens is 437 g/mol. The van der Waals surface area contributed by atoms with Gasteiger partial charge in [0.2, 0.25) is 5.91 Å². The zero-order chi connectivity index (χ0) is 21.5. The molecule has 0 aliphatic rings. The normalized spacial score (nSPS) is 10.6. The molecule has 0 aliphatic heterocycles. The maximum Gasteiger partial charge on any atom is 0.224 e. The summed E-state index contributed by atoms with van der Waals surface area (Å²) in [4.78, 5) is 26.6. The second-order valence-electron chi connectivity index (χ2n) is 6.81. The van der Waals surface area contributed by atoms with Gasteiger partial charge >= 0.3 is 0 Å². The number of hydrogen-bond acceptors (Lipinski definition) is 3. The van der Waals surface area contributed by atoms with Crippen molar-refractivity contribution in [2.45, 2.75) is 24.7 Å². The molecule has 0 unspecified atom stereocenters. The molecule has 0 atom stereocenters. The molecule has 3 aromatic rings. The molecule has 6 heteroatoms. The van der Waals surface area contributed by atoms with Crippen LogP contribution in [0.5, 0.6) is 0 Å². The molecule has 3 rings (SSSR count). The molecule has 154 valence electrons. The van der Waals surface area contributed by atoms with Crippen LogP contribution >= 0.6 is 35.0 Å². The van der Waals surface area contributed by atoms with Crippen molar-refractivity contribution in [1.82, 2.24) is 0 Å². The van der Waals surface area contributed by atoms with Gasteiger partial charge in [0, 0.05) is 27.5 Å². The number of carbonyl (C=O) groups is 2. The molecule has 0 heterocycles. The number of thioether (sulfide) groups is 1. The number of carbonyl (C=O) groups excluding carboxylic acids is 2. The topological polar surface area (TPSA) is 46.2 Å². The van der Waals surface area contributed by atoms with Gasteiger partial charge in [-0.1, -0.05) is 53.0 Å². The van der Waals surface area contributed by atoms with Gasteiger partial charge in [0.1, 0.15) is 0 Å². The Morgan fingerprint density at radius 2 is 1.67 bits per heavy atom. The molecule has 0 fully saturated rings. The Hall–Kier alpha value is -2.27. The summed E-state index contributed by atoms with van der Waals surface area (Å²) in [5.41, 5.74) is 2.34. The third-order valence-electron chi connectivity index (χ3n) is 4.46. The maximum atomic E-state index is 13.0. The quantitative estimate of drug-likeness (QED) is 0.224. The summed E-state index contributed by atoms with van der Waals surface area (Å²) in [6, 6.07) is 20.0. The van der Waals surface area contributed by atoms with Crippen LogP contribution < -0.4 is 5.32 Å². The Morgan fingerprint density at radius 1 is 0.933 bits per heavy atom. The first-order valence-corrected chi connectivity index (χ1v) is 11.3. The van der Waals surface area contributed by atoms with E-state index in [1.54, 1.807) is 54.2 Å². The van der Waals surface area contributed by atoms with Crippen molar-refractivity contribution >= 4 is 52.3 Å². The van der Waals surface area contributed by atoms with E-state index in [1.807, 2.05) is 0 Å². The van der Waals surface area contributed by atoms with Crippen LogP contribution in [0.15, 0.2) is 71.6 Å². The summed E-state index contributed by atoms with van der Waals surface area (Å²) in [7, 11) is 0. The highest BCUT2D eigenvalue weighted by atomic mass is 35.5. The highest BCUT2D eigenvalue weighted by Gasteiger charge is 2.18. The van der Waals surface area contributed by atoms with Gasteiger partial charge in [0.25, 0.3) is 0 Å². The third-order valence-corrected chi connectivity index (χ3v) is 6.12. The van der Waals surface area contributed by atoms with Crippen LogP contribution in [-0.2, 0) is 4.79 Å². The van der Waals surface area contributed by atoms with Crippen LogP contribution in [0.1, 0.15) is 34.3 Å². The van der Waals surface area contributed by atoms with Crippen LogP contribution in [0.4, 0.5) is 5.69 Å². The molecule has 3 aromatic carbocycles. The van der Waals surface area contributed by atoms with E-state index in [9.17, 15) is 9.59 Å². The summed E-state index contributed by atoms with van der Waals surface area (Å²) in [5.74, 6) is 0.408. The lowest BCUT2D eigenvalue weighted by atomic mass is 10.0. The average molecular weight is 458 g/mol. The second kappa shape index (κ2) is 10.7. The van der Waals surface area contributed by atoms with Gasteiger partial charge in [-0.3, -0.25) is 9.59 Å². The average Bonchev–Trinajstić information content (AvgIpc) is 2.73. The molecular formula is C24H21Cl2NO2S. The molecule has 1 amide bonds. The predicted octanol–water partition coefficient (Wildman–Crippen LogP) is 7.04. The predicted molar refractivity (Wildman–Crippen MR) is 126 cm³/mol. The van der Waals surface area contributed by atoms with Gasteiger partial charge in [-0.05, 0) is 61.6 Å². The largest absolute Gasteiger partial charge is 0.325 e. The Morgan fingerprint density at radius 3 is 2.40 bits per heavy atom. The van der Waals surface area contributed by atoms with E-state index in [1.165, 1.54) is 10.5 Å². The van der Waals surface area contributed by atoms with Crippen molar-refractivity contribution < 1.29 is 9.59 Å². The van der Waals surface area contributed by atoms with Crippen LogP contribution in [0, 0.1) is 6.92 Å². The molecule has 0 aliphatic carbocycles. The molecule has 0 bridgehead atoms. The number of hydrogen-bond donors (Lipinski definition) is 1. The number of anilines is 1. The number of amides is 1. The van der Waals surface area contributed by atoms with E-state index >= 15 is 0 Å². The fraction of sp³-hybridized carbons (Fsp3) is 0.167. The van der Waals surface area contributed by atoms with E-state index in [0.717, 1.165) is 12.2 Å². The van der Waals surface area contributed by atoms with Gasteiger partial charge in [0.05, 0.1) is 10.7 Å². The van der Waals surface area contributed by atoms with Gasteiger partial charge in [-0.2, -0.15) is 0 Å². The monoisotopic (exact) mass is 457 g/mol. The fourth-order valence-electron chi connectivity index (χ4n) is 2.87. The Bertz CT molecular complexity index is 1050. The number of ketones is 1. The Kier molecular flexibility index (Phi) is 7.97. The molecule has 3 nitrogen and oxygen atoms in total. The SMILES string of the molecule is Cc1ccc(SCCCC(=O)Nc2ccc(Cl)cc2C(=O)c2ccccc2Cl)cc1. The molecule has 0 saturated carbocycles. The Labute approximate surface area is 190 Å². The highest BCUT2D eigenvalue weighted by Crippen LogP contribution is 2.27. The minimum absolute atomic E-state index is 0.143. The second-order valence-corrected chi connectivity index (χ2v) is 8.82. The van der Waals surface area contributed by atoms with Crippen molar-refractivity contribution in [2.75, 3.05) is 11.1 Å². The van der Waals surface area contributed by atoms with Gasteiger partial charge in [0.15, 0.2) is 5.78 Å². The summed E-state index contributed by atoms with van der Waals surface area (Å²) >= 11 is 14.0. The molecule has 0 aromatic heterocycles. The summed E-state index contributed by atoms with van der Waals surface area (Å²) in [6.07, 6.45) is 1.09. The van der Waals surface area contributed by atoms with Crippen molar-refractivity contribution in [3.05, 3.63) is 93.5 Å². The van der Waals surface area contributed by atoms with Crippen molar-refractivity contribution in [3.63, 3.8) is 0 Å². The first-order chi connectivity index (χ1) is 14.4. The fourth-order valence-corrected chi connectivity index (χ4v) is 4.12. The standard InChI is InChI=1S/C24H21Cl2NO2S/c1-16-8-11-18(12-9-16)30-14-4-7-23(28)27-22-13-10-17(25)15-20(22)24(29)19-5-2-3-6-21(19)26/h2-3,5-6,8-13,15H,4,7,14H2,1H3,(H,27,28). The van der Waals surface area contributed by atoms with E-state index in [4.69, 9.17) is 23.2 Å². The first kappa shape index (κ1) is 22.4. The van der Waals surface area contributed by atoms with Crippen LogP contribution in [0.2, 0.25) is 10.0 Å². The lowest BCUT2D eigenvalue weighted by Gasteiger charge is -2.12. The molecule has 0 radical (unpaired) electrons. The third kappa shape index (κ3) is 6.11. The van der Waals surface area contributed by atoms with Crippen molar-refractivity contribution in [3.8, 4) is 0 Å². The Balaban J connectivity index is 1.62. The van der Waals surface area contributed by atoms with Crippen LogP contribution in [-0.4, -0.2) is 17.4 Å². The summed E-state index contributed by atoms with van der Waals surface area (Å²) < 4.78 is 0. The summed E-state index contributed by atoms with van der Waals surface area (Å²) in [6.45, 7) is 2.06. The molecule has 0 spiro atoms. The number of benzene rings is 3. The smallest absolute Gasteiger partial charge is 0.224 e. The van der Waals surface area contributed by atoms with Crippen molar-refractivity contribution in [2.24, 2.45) is 0 Å². The van der Waals surface area contributed by atoms with Crippen LogP contribution in [0.3, 0.4) is 0 Å². The molecule has 0 saturated heterocycles. The lowest BCUT2D eigenvalue weighted by Crippen LogP contribution is -2.15. The molecule has 1 N–H and O–H groups in total. The van der Waals surface area contributed by atoms with Crippen LogP contribution in [0.25, 0.3) is 0 Å². The first-order valence-electron chi connectivity index (χ1n) is 9.52. The van der Waals surface area contributed by atoms with Gasteiger partial charge < -0.3 is 5.32 Å². The lowest BCUT2D eigenvalue weighted by molar-refractivity contribution is -0.116. The number of nitrogens with one attached hydrogen (secondary N) is 1. The minimum atomic E-state index is -0.284. The zero-order valence-electron chi connectivity index (χ0n) is 16.5. The zero-order valence-corrected chi connectivity index (χ0v) is 18.8. The highest BCUT2D eigenvalue weighted by molar-refractivity contribution is 7.99. The maximum absolute atomic E-state index is 13.0. The van der Waals surface area contributed by atoms with E-state index in [2.05, 4.69) is 36.5 Å². The minimum Gasteiger partial charge on any atom is -0.325 e. The number of aryl methyl sites for hydroxylation is 1. The van der Waals surface area contributed by atoms with E-state index in [0.29, 0.717) is 33.3 Å². The summed E-state index contributed by atoms with van der Waals surface area (Å²) in [5, 5.41) is 3.61. The van der Waals surface area contributed by atoms with E-state index in [-0.39, 0.29) is 11.7 Å². The van der Waals surface area contributed by atoms with Gasteiger partial charge in [-0.15, -0.1) is 11.8 Å². The van der Waals surface area contributed by atoms with Crippen molar-refractivity contribution in [1.29, 1.82) is 0 Å².